The highest BCUT2D eigenvalue weighted by Crippen LogP contribution is 2.26. The molecule has 3 aromatic heterocycles. The molecule has 0 bridgehead atoms. The van der Waals surface area contributed by atoms with Crippen molar-refractivity contribution < 1.29 is 5.11 Å². The van der Waals surface area contributed by atoms with Crippen molar-refractivity contribution in [1.29, 1.82) is 0 Å². The minimum Gasteiger partial charge on any atom is -0.400 e. The maximum atomic E-state index is 9.92. The number of rotatable bonds is 5. The molecule has 3 rings (SSSR count). The van der Waals surface area contributed by atoms with Gasteiger partial charge in [-0.25, -0.2) is 15.3 Å². The van der Waals surface area contributed by atoms with E-state index in [1.807, 2.05) is 13.8 Å². The molecule has 0 aliphatic carbocycles. The zero-order valence-corrected chi connectivity index (χ0v) is 21.8. The molecule has 0 radical (unpaired) electrons. The first kappa shape index (κ1) is 24.3. The normalized spacial score (nSPS) is 13.4. The highest BCUT2D eigenvalue weighted by molar-refractivity contribution is 6.53. The predicted octanol–water partition coefficient (Wildman–Crippen LogP) is 3.73. The molecule has 32 heavy (non-hydrogen) atoms. The summed E-state index contributed by atoms with van der Waals surface area (Å²) in [5, 5.41) is 25.0. The molecule has 0 fully saturated rings. The lowest BCUT2D eigenvalue weighted by Gasteiger charge is -2.31. The first-order valence-electron chi connectivity index (χ1n) is 11.5. The quantitative estimate of drug-likeness (QED) is 0.615. The summed E-state index contributed by atoms with van der Waals surface area (Å²) in [4.78, 5) is 0. The van der Waals surface area contributed by atoms with Gasteiger partial charge in [-0.1, -0.05) is 55.4 Å². The van der Waals surface area contributed by atoms with Crippen LogP contribution in [0.25, 0.3) is 0 Å². The third kappa shape index (κ3) is 4.42. The Morgan fingerprint density at radius 2 is 0.969 bits per heavy atom. The maximum absolute atomic E-state index is 9.92. The van der Waals surface area contributed by atoms with E-state index in [0.29, 0.717) is 0 Å². The summed E-state index contributed by atoms with van der Waals surface area (Å²) in [6, 6.07) is 6.41. The Morgan fingerprint density at radius 3 is 1.25 bits per heavy atom. The molecule has 8 heteroatoms. The van der Waals surface area contributed by atoms with Crippen molar-refractivity contribution in [1.82, 2.24) is 29.1 Å². The van der Waals surface area contributed by atoms with E-state index in [0.717, 1.165) is 34.2 Å². The number of aliphatic hydroxyl groups excluding tert-OH is 1. The van der Waals surface area contributed by atoms with Crippen LogP contribution < -0.4 is 0 Å². The molecule has 0 aliphatic heterocycles. The van der Waals surface area contributed by atoms with Crippen LogP contribution in [0.2, 0.25) is 0 Å². The Bertz CT molecular complexity index is 1050. The number of hydrogen-bond acceptors (Lipinski definition) is 4. The van der Waals surface area contributed by atoms with E-state index in [2.05, 4.69) is 94.3 Å². The van der Waals surface area contributed by atoms with Crippen LogP contribution in [-0.2, 0) is 16.2 Å². The van der Waals surface area contributed by atoms with Crippen molar-refractivity contribution >= 4 is 7.12 Å². The van der Waals surface area contributed by atoms with Crippen LogP contribution in [0, 0.1) is 20.8 Å². The van der Waals surface area contributed by atoms with Crippen LogP contribution in [0.1, 0.15) is 89.6 Å². The molecular formula is C24H40BN6O-. The largest absolute Gasteiger partial charge is 0.400 e. The van der Waals surface area contributed by atoms with Crippen LogP contribution in [0.15, 0.2) is 18.2 Å². The number of aromatic nitrogens is 6. The minimum atomic E-state index is -1.51. The van der Waals surface area contributed by atoms with Gasteiger partial charge in [0.2, 0.25) is 0 Å². The van der Waals surface area contributed by atoms with Crippen LogP contribution in [0.3, 0.4) is 0 Å². The first-order chi connectivity index (χ1) is 14.6. The standard InChI is InChI=1S/C24H40BN6O/c1-16-12-19(22(4,5)6)26-29(16)25(30-17(2)13-20(27-30)23(7,8)9)31-18(3)14-21(28-31)24(10,11)15-32/h12-14,25,32H,15H2,1-11H3/q-1. The molecule has 0 aromatic carbocycles. The van der Waals surface area contributed by atoms with Crippen molar-refractivity contribution in [3.05, 3.63) is 52.4 Å². The van der Waals surface area contributed by atoms with E-state index in [-0.39, 0.29) is 17.4 Å². The predicted molar refractivity (Wildman–Crippen MR) is 132 cm³/mol. The molecule has 0 aliphatic rings. The lowest BCUT2D eigenvalue weighted by atomic mass is 9.90. The van der Waals surface area contributed by atoms with Gasteiger partial charge >= 0.3 is 7.12 Å². The van der Waals surface area contributed by atoms with E-state index in [4.69, 9.17) is 15.3 Å². The van der Waals surface area contributed by atoms with Crippen molar-refractivity contribution in [2.45, 2.75) is 92.4 Å². The summed E-state index contributed by atoms with van der Waals surface area (Å²) in [5.41, 5.74) is 5.63. The van der Waals surface area contributed by atoms with Gasteiger partial charge in [0.25, 0.3) is 0 Å². The number of aryl methyl sites for hydroxylation is 3. The van der Waals surface area contributed by atoms with Gasteiger partial charge in [0.05, 0.1) is 23.7 Å². The Labute approximate surface area is 193 Å². The lowest BCUT2D eigenvalue weighted by molar-refractivity contribution is 0.215. The fourth-order valence-electron chi connectivity index (χ4n) is 3.91. The van der Waals surface area contributed by atoms with Gasteiger partial charge in [-0.2, -0.15) is 0 Å². The molecule has 0 atom stereocenters. The molecule has 7 nitrogen and oxygen atoms in total. The van der Waals surface area contributed by atoms with Crippen molar-refractivity contribution in [2.24, 2.45) is 0 Å². The van der Waals surface area contributed by atoms with E-state index in [9.17, 15) is 5.11 Å². The van der Waals surface area contributed by atoms with Crippen molar-refractivity contribution in [3.63, 3.8) is 0 Å². The molecule has 3 aromatic rings. The van der Waals surface area contributed by atoms with Crippen LogP contribution in [0.4, 0.5) is 0 Å². The van der Waals surface area contributed by atoms with Gasteiger partial charge in [0.1, 0.15) is 0 Å². The molecule has 0 amide bonds. The number of aliphatic hydroxyl groups is 1. The highest BCUT2D eigenvalue weighted by Gasteiger charge is 2.28. The Kier molecular flexibility index (Phi) is 6.00. The second-order valence-electron chi connectivity index (χ2n) is 12.0. The molecule has 0 unspecified atom stereocenters. The molecule has 3 heterocycles. The Morgan fingerprint density at radius 1 is 0.656 bits per heavy atom. The van der Waals surface area contributed by atoms with Crippen LogP contribution in [-0.4, -0.2) is 47.9 Å². The first-order valence-corrected chi connectivity index (χ1v) is 11.5. The van der Waals surface area contributed by atoms with E-state index < -0.39 is 12.5 Å². The maximum Gasteiger partial charge on any atom is 0.326 e. The summed E-state index contributed by atoms with van der Waals surface area (Å²) in [5.74, 6) is 0. The van der Waals surface area contributed by atoms with Crippen LogP contribution in [0.5, 0.6) is 0 Å². The van der Waals surface area contributed by atoms with Crippen LogP contribution >= 0.6 is 0 Å². The molecule has 1 N–H and O–H groups in total. The minimum absolute atomic E-state index is 0.0351. The van der Waals surface area contributed by atoms with Crippen molar-refractivity contribution in [2.75, 3.05) is 6.61 Å². The monoisotopic (exact) mass is 439 g/mol. The van der Waals surface area contributed by atoms with E-state index in [1.54, 1.807) is 0 Å². The highest BCUT2D eigenvalue weighted by atomic mass is 16.3. The number of nitrogens with zero attached hydrogens (tertiary/aromatic N) is 6. The SMILES string of the molecule is Cc1cc(C(C)(C)C)nn1[BH-](n1nc(C(C)(C)C)cc1C)n1nc(C(C)(C)CO)cc1C. The Hall–Kier alpha value is -2.35. The summed E-state index contributed by atoms with van der Waals surface area (Å²) in [6.45, 7) is 23.4. The summed E-state index contributed by atoms with van der Waals surface area (Å²) in [6.07, 6.45) is 0. The van der Waals surface area contributed by atoms with Gasteiger partial charge in [0.15, 0.2) is 0 Å². The lowest BCUT2D eigenvalue weighted by Crippen LogP contribution is -2.46. The average molecular weight is 439 g/mol. The topological polar surface area (TPSA) is 73.7 Å². The molecular weight excluding hydrogens is 399 g/mol. The van der Waals surface area contributed by atoms with Gasteiger partial charge in [-0.05, 0) is 56.1 Å². The molecule has 0 saturated heterocycles. The average Bonchev–Trinajstić information content (AvgIpc) is 3.34. The summed E-state index contributed by atoms with van der Waals surface area (Å²) < 4.78 is 6.26. The third-order valence-corrected chi connectivity index (χ3v) is 6.37. The Balaban J connectivity index is 2.28. The van der Waals surface area contributed by atoms with Gasteiger partial charge in [-0.15, -0.1) is 0 Å². The molecule has 176 valence electrons. The fourth-order valence-corrected chi connectivity index (χ4v) is 3.91. The number of hydrogen-bond donors (Lipinski definition) is 1. The zero-order chi connectivity index (χ0) is 24.2. The van der Waals surface area contributed by atoms with Gasteiger partial charge in [0, 0.05) is 16.2 Å². The van der Waals surface area contributed by atoms with Gasteiger partial charge in [-0.3, -0.25) is 0 Å². The smallest absolute Gasteiger partial charge is 0.326 e. The zero-order valence-electron chi connectivity index (χ0n) is 21.8. The van der Waals surface area contributed by atoms with Crippen molar-refractivity contribution in [3.8, 4) is 0 Å². The summed E-state index contributed by atoms with van der Waals surface area (Å²) in [7, 11) is -1.51. The van der Waals surface area contributed by atoms with Gasteiger partial charge < -0.3 is 18.9 Å². The second kappa shape index (κ2) is 7.90. The molecule has 0 spiro atoms. The summed E-state index contributed by atoms with van der Waals surface area (Å²) >= 11 is 0. The third-order valence-electron chi connectivity index (χ3n) is 6.37. The fraction of sp³-hybridized carbons (Fsp3) is 0.625. The molecule has 0 saturated carbocycles. The van der Waals surface area contributed by atoms with E-state index in [1.165, 1.54) is 0 Å². The second-order valence-corrected chi connectivity index (χ2v) is 12.0. The van der Waals surface area contributed by atoms with E-state index >= 15 is 0 Å².